The number of carbonyl (C=O) groups is 1. The van der Waals surface area contributed by atoms with E-state index in [4.69, 9.17) is 4.42 Å². The van der Waals surface area contributed by atoms with E-state index in [2.05, 4.69) is 10.3 Å². The second kappa shape index (κ2) is 6.13. The molecule has 3 aromatic rings. The van der Waals surface area contributed by atoms with Gasteiger partial charge in [-0.25, -0.2) is 4.98 Å². The molecule has 0 fully saturated rings. The Morgan fingerprint density at radius 2 is 2.18 bits per heavy atom. The number of benzene rings is 1. The largest absolute Gasteiger partial charge is 0.472 e. The van der Waals surface area contributed by atoms with Crippen molar-refractivity contribution in [3.63, 3.8) is 0 Å². The van der Waals surface area contributed by atoms with Gasteiger partial charge < -0.3 is 14.8 Å². The Morgan fingerprint density at radius 3 is 2.91 bits per heavy atom. The van der Waals surface area contributed by atoms with E-state index in [1.807, 2.05) is 6.07 Å². The number of nitrogens with one attached hydrogen (secondary N) is 1. The van der Waals surface area contributed by atoms with Crippen LogP contribution in [0.1, 0.15) is 29.1 Å². The van der Waals surface area contributed by atoms with E-state index < -0.39 is 6.10 Å². The van der Waals surface area contributed by atoms with Gasteiger partial charge in [0, 0.05) is 22.2 Å². The molecule has 6 heteroatoms. The number of amides is 1. The van der Waals surface area contributed by atoms with Gasteiger partial charge >= 0.3 is 0 Å². The number of rotatable bonds is 4. The third-order valence-corrected chi connectivity index (χ3v) is 4.06. The van der Waals surface area contributed by atoms with Crippen molar-refractivity contribution in [3.05, 3.63) is 59.5 Å². The summed E-state index contributed by atoms with van der Waals surface area (Å²) in [4.78, 5) is 16.6. The number of aliphatic hydroxyl groups excluding tert-OH is 1. The van der Waals surface area contributed by atoms with Crippen molar-refractivity contribution in [2.24, 2.45) is 0 Å². The molecule has 0 saturated carbocycles. The fraction of sp³-hybridized carbons (Fsp3) is 0.125. The minimum Gasteiger partial charge on any atom is -0.472 e. The minimum atomic E-state index is -0.659. The molecule has 0 spiro atoms. The van der Waals surface area contributed by atoms with Crippen molar-refractivity contribution in [2.75, 3.05) is 5.32 Å². The molecule has 0 aliphatic heterocycles. The molecule has 0 saturated heterocycles. The van der Waals surface area contributed by atoms with Gasteiger partial charge in [-0.3, -0.25) is 4.79 Å². The van der Waals surface area contributed by atoms with Gasteiger partial charge in [0.1, 0.15) is 17.0 Å². The lowest BCUT2D eigenvalue weighted by Crippen LogP contribution is -2.14. The first-order valence-electron chi connectivity index (χ1n) is 6.71. The molecule has 1 aromatic carbocycles. The van der Waals surface area contributed by atoms with Gasteiger partial charge in [-0.1, -0.05) is 18.2 Å². The fourth-order valence-electron chi connectivity index (χ4n) is 2.06. The Hall–Kier alpha value is -2.44. The first-order chi connectivity index (χ1) is 10.6. The standard InChI is InChI=1S/C16H14N2O3S/c1-10(19)12-4-2-3-5-13(12)17-15(20)14-9-22-16(18-14)11-6-7-21-8-11/h2-10,19H,1H3,(H,17,20). The van der Waals surface area contributed by atoms with Gasteiger partial charge in [-0.15, -0.1) is 11.3 Å². The van der Waals surface area contributed by atoms with Gasteiger partial charge in [-0.05, 0) is 19.1 Å². The van der Waals surface area contributed by atoms with Crippen molar-refractivity contribution < 1.29 is 14.3 Å². The second-order valence-electron chi connectivity index (χ2n) is 4.77. The highest BCUT2D eigenvalue weighted by atomic mass is 32.1. The molecule has 1 amide bonds. The van der Waals surface area contributed by atoms with Crippen molar-refractivity contribution in [2.45, 2.75) is 13.0 Å². The first kappa shape index (κ1) is 14.5. The maximum absolute atomic E-state index is 12.3. The summed E-state index contributed by atoms with van der Waals surface area (Å²) < 4.78 is 5.01. The zero-order chi connectivity index (χ0) is 15.5. The molecule has 2 aromatic heterocycles. The SMILES string of the molecule is CC(O)c1ccccc1NC(=O)c1csc(-c2ccoc2)n1. The number of anilines is 1. The average Bonchev–Trinajstić information content (AvgIpc) is 3.18. The van der Waals surface area contributed by atoms with Gasteiger partial charge in [0.25, 0.3) is 5.91 Å². The highest BCUT2D eigenvalue weighted by molar-refractivity contribution is 7.13. The summed E-state index contributed by atoms with van der Waals surface area (Å²) in [6, 6.07) is 8.95. The van der Waals surface area contributed by atoms with E-state index in [1.165, 1.54) is 11.3 Å². The molecular formula is C16H14N2O3S. The highest BCUT2D eigenvalue weighted by Crippen LogP contribution is 2.26. The van der Waals surface area contributed by atoms with Crippen LogP contribution in [0.2, 0.25) is 0 Å². The molecular weight excluding hydrogens is 300 g/mol. The third kappa shape index (κ3) is 2.93. The van der Waals surface area contributed by atoms with Crippen LogP contribution in [-0.4, -0.2) is 16.0 Å². The number of hydrogen-bond donors (Lipinski definition) is 2. The zero-order valence-corrected chi connectivity index (χ0v) is 12.6. The molecule has 22 heavy (non-hydrogen) atoms. The van der Waals surface area contributed by atoms with Crippen molar-refractivity contribution in [1.82, 2.24) is 4.98 Å². The molecule has 3 rings (SSSR count). The lowest BCUT2D eigenvalue weighted by Gasteiger charge is -2.12. The van der Waals surface area contributed by atoms with Crippen molar-refractivity contribution in [1.29, 1.82) is 0 Å². The van der Waals surface area contributed by atoms with Gasteiger partial charge in [0.2, 0.25) is 0 Å². The smallest absolute Gasteiger partial charge is 0.275 e. The van der Waals surface area contributed by atoms with Crippen LogP contribution in [-0.2, 0) is 0 Å². The molecule has 1 unspecified atom stereocenters. The maximum Gasteiger partial charge on any atom is 0.275 e. The average molecular weight is 314 g/mol. The summed E-state index contributed by atoms with van der Waals surface area (Å²) in [7, 11) is 0. The maximum atomic E-state index is 12.3. The van der Waals surface area contributed by atoms with Crippen LogP contribution in [0.25, 0.3) is 10.6 Å². The fourth-order valence-corrected chi connectivity index (χ4v) is 2.84. The minimum absolute atomic E-state index is 0.306. The van der Waals surface area contributed by atoms with Crippen LogP contribution in [0.15, 0.2) is 52.7 Å². The van der Waals surface area contributed by atoms with E-state index in [-0.39, 0.29) is 5.91 Å². The van der Waals surface area contributed by atoms with Crippen LogP contribution in [0.4, 0.5) is 5.69 Å². The van der Waals surface area contributed by atoms with Crippen LogP contribution >= 0.6 is 11.3 Å². The normalized spacial score (nSPS) is 12.1. The summed E-state index contributed by atoms with van der Waals surface area (Å²) in [6.07, 6.45) is 2.49. The summed E-state index contributed by atoms with van der Waals surface area (Å²) in [6.45, 7) is 1.66. The predicted molar refractivity (Wildman–Crippen MR) is 84.8 cm³/mol. The van der Waals surface area contributed by atoms with Gasteiger partial charge in [0.15, 0.2) is 0 Å². The Kier molecular flexibility index (Phi) is 4.04. The summed E-state index contributed by atoms with van der Waals surface area (Å²) in [5.41, 5.74) is 2.43. The lowest BCUT2D eigenvalue weighted by molar-refractivity contribution is 0.102. The molecule has 0 aliphatic carbocycles. The van der Waals surface area contributed by atoms with Crippen LogP contribution in [0.3, 0.4) is 0 Å². The van der Waals surface area contributed by atoms with E-state index in [1.54, 1.807) is 49.1 Å². The van der Waals surface area contributed by atoms with E-state index in [0.29, 0.717) is 16.9 Å². The molecule has 0 bridgehead atoms. The number of para-hydroxylation sites is 1. The highest BCUT2D eigenvalue weighted by Gasteiger charge is 2.15. The number of hydrogen-bond acceptors (Lipinski definition) is 5. The van der Waals surface area contributed by atoms with Crippen LogP contribution in [0, 0.1) is 0 Å². The number of aliphatic hydroxyl groups is 1. The molecule has 0 aliphatic rings. The number of aromatic nitrogens is 1. The second-order valence-corrected chi connectivity index (χ2v) is 5.63. The molecule has 2 heterocycles. The molecule has 1 atom stereocenters. The van der Waals surface area contributed by atoms with Gasteiger partial charge in [-0.2, -0.15) is 0 Å². The van der Waals surface area contributed by atoms with E-state index in [0.717, 1.165) is 10.6 Å². The quantitative estimate of drug-likeness (QED) is 0.770. The zero-order valence-electron chi connectivity index (χ0n) is 11.8. The summed E-state index contributed by atoms with van der Waals surface area (Å²) in [5, 5.41) is 15.0. The number of thiazole rings is 1. The number of nitrogens with zero attached hydrogens (tertiary/aromatic N) is 1. The Bertz CT molecular complexity index is 778. The Morgan fingerprint density at radius 1 is 1.36 bits per heavy atom. The molecule has 5 nitrogen and oxygen atoms in total. The van der Waals surface area contributed by atoms with Gasteiger partial charge in [0.05, 0.1) is 12.4 Å². The predicted octanol–water partition coefficient (Wildman–Crippen LogP) is 3.71. The summed E-state index contributed by atoms with van der Waals surface area (Å²) >= 11 is 1.38. The van der Waals surface area contributed by atoms with Crippen molar-refractivity contribution in [3.8, 4) is 10.6 Å². The number of furan rings is 1. The van der Waals surface area contributed by atoms with Crippen molar-refractivity contribution >= 4 is 22.9 Å². The first-order valence-corrected chi connectivity index (χ1v) is 7.59. The summed E-state index contributed by atoms with van der Waals surface area (Å²) in [5.74, 6) is -0.306. The lowest BCUT2D eigenvalue weighted by atomic mass is 10.1. The Labute approximate surface area is 131 Å². The van der Waals surface area contributed by atoms with E-state index in [9.17, 15) is 9.90 Å². The topological polar surface area (TPSA) is 75.4 Å². The third-order valence-electron chi connectivity index (χ3n) is 3.16. The number of carbonyl (C=O) groups excluding carboxylic acids is 1. The molecule has 2 N–H and O–H groups in total. The van der Waals surface area contributed by atoms with Crippen LogP contribution < -0.4 is 5.32 Å². The molecule has 0 radical (unpaired) electrons. The molecule has 112 valence electrons. The Balaban J connectivity index is 1.81. The van der Waals surface area contributed by atoms with Crippen LogP contribution in [0.5, 0.6) is 0 Å². The monoisotopic (exact) mass is 314 g/mol. The van der Waals surface area contributed by atoms with E-state index >= 15 is 0 Å².